The number of pyridine rings is 1. The normalized spacial score (nSPS) is 11.4. The summed E-state index contributed by atoms with van der Waals surface area (Å²) in [7, 11) is 0. The summed E-state index contributed by atoms with van der Waals surface area (Å²) in [6.45, 7) is 0. The molecule has 0 aliphatic rings. The monoisotopic (exact) mass is 601 g/mol. The number of fused-ring (bicyclic) bond motifs is 4. The van der Waals surface area contributed by atoms with Crippen LogP contribution in [0.3, 0.4) is 0 Å². The number of hydrogen-bond acceptors (Lipinski definition) is 4. The highest BCUT2D eigenvalue weighted by molar-refractivity contribution is 6.05. The predicted octanol–water partition coefficient (Wildman–Crippen LogP) is 11.3. The molecule has 0 unspecified atom stereocenters. The van der Waals surface area contributed by atoms with E-state index in [9.17, 15) is 0 Å². The topological polar surface area (TPSA) is 51.8 Å². The fraction of sp³-hybridized carbons (Fsp3) is 0. The van der Waals surface area contributed by atoms with E-state index in [1.54, 1.807) is 0 Å². The third-order valence-electron chi connectivity index (χ3n) is 8.76. The van der Waals surface area contributed by atoms with E-state index in [2.05, 4.69) is 108 Å². The van der Waals surface area contributed by atoms with Gasteiger partial charge in [0.25, 0.3) is 0 Å². The first-order valence-electron chi connectivity index (χ1n) is 15.7. The molecule has 0 N–H and O–H groups in total. The van der Waals surface area contributed by atoms with Crippen LogP contribution in [0.15, 0.2) is 168 Å². The molecular formula is C43H27N3O. The van der Waals surface area contributed by atoms with Gasteiger partial charge in [-0.2, -0.15) is 0 Å². The molecule has 220 valence electrons. The fourth-order valence-corrected chi connectivity index (χ4v) is 6.48. The number of aromatic nitrogens is 3. The minimum atomic E-state index is 0.684. The average molecular weight is 602 g/mol. The van der Waals surface area contributed by atoms with E-state index < -0.39 is 0 Å². The van der Waals surface area contributed by atoms with E-state index in [1.807, 2.05) is 60.8 Å². The summed E-state index contributed by atoms with van der Waals surface area (Å²) in [6, 6.07) is 54.6. The Morgan fingerprint density at radius 3 is 2.00 bits per heavy atom. The second-order valence-electron chi connectivity index (χ2n) is 11.6. The van der Waals surface area contributed by atoms with Crippen molar-refractivity contribution in [1.82, 2.24) is 15.0 Å². The SMILES string of the molecule is c1ccc(-c2cc(-c3cc(-c4cccc5ccccc45)ccc3-c3ccc4oc5cccnc5c4c3)nc(-c3ccccc3)n2)cc1. The Hall–Kier alpha value is -6.39. The van der Waals surface area contributed by atoms with Gasteiger partial charge in [0.2, 0.25) is 0 Å². The maximum absolute atomic E-state index is 6.12. The largest absolute Gasteiger partial charge is 0.454 e. The number of rotatable bonds is 5. The summed E-state index contributed by atoms with van der Waals surface area (Å²) in [5, 5.41) is 3.41. The van der Waals surface area contributed by atoms with Crippen molar-refractivity contribution in [2.45, 2.75) is 0 Å². The van der Waals surface area contributed by atoms with E-state index in [0.29, 0.717) is 5.82 Å². The molecule has 0 amide bonds. The lowest BCUT2D eigenvalue weighted by Crippen LogP contribution is -1.97. The van der Waals surface area contributed by atoms with E-state index in [-0.39, 0.29) is 0 Å². The zero-order chi connectivity index (χ0) is 31.2. The second kappa shape index (κ2) is 11.2. The predicted molar refractivity (Wildman–Crippen MR) is 192 cm³/mol. The summed E-state index contributed by atoms with van der Waals surface area (Å²) in [6.07, 6.45) is 1.81. The van der Waals surface area contributed by atoms with Crippen molar-refractivity contribution in [1.29, 1.82) is 0 Å². The van der Waals surface area contributed by atoms with Crippen LogP contribution in [0.2, 0.25) is 0 Å². The highest BCUT2D eigenvalue weighted by Crippen LogP contribution is 2.40. The lowest BCUT2D eigenvalue weighted by molar-refractivity contribution is 0.668. The molecule has 0 bridgehead atoms. The molecule has 0 aliphatic heterocycles. The number of furan rings is 1. The minimum Gasteiger partial charge on any atom is -0.454 e. The lowest BCUT2D eigenvalue weighted by Gasteiger charge is -2.16. The lowest BCUT2D eigenvalue weighted by atomic mass is 9.90. The molecule has 3 aromatic heterocycles. The zero-order valence-electron chi connectivity index (χ0n) is 25.3. The average Bonchev–Trinajstić information content (AvgIpc) is 3.53. The van der Waals surface area contributed by atoms with Crippen molar-refractivity contribution in [3.63, 3.8) is 0 Å². The van der Waals surface area contributed by atoms with Crippen LogP contribution >= 0.6 is 0 Å². The number of nitrogens with zero attached hydrogens (tertiary/aromatic N) is 3. The van der Waals surface area contributed by atoms with Gasteiger partial charge in [0.05, 0.1) is 11.4 Å². The molecule has 6 aromatic carbocycles. The van der Waals surface area contributed by atoms with Crippen molar-refractivity contribution in [2.75, 3.05) is 0 Å². The minimum absolute atomic E-state index is 0.684. The third kappa shape index (κ3) is 4.84. The van der Waals surface area contributed by atoms with Crippen LogP contribution < -0.4 is 0 Å². The van der Waals surface area contributed by atoms with Crippen LogP contribution in [0.5, 0.6) is 0 Å². The molecule has 0 saturated heterocycles. The van der Waals surface area contributed by atoms with Gasteiger partial charge >= 0.3 is 0 Å². The molecular weight excluding hydrogens is 574 g/mol. The molecule has 9 rings (SSSR count). The van der Waals surface area contributed by atoms with Crippen molar-refractivity contribution >= 4 is 32.8 Å². The van der Waals surface area contributed by atoms with Gasteiger partial charge in [-0.15, -0.1) is 0 Å². The summed E-state index contributed by atoms with van der Waals surface area (Å²) < 4.78 is 6.12. The maximum Gasteiger partial charge on any atom is 0.160 e. The van der Waals surface area contributed by atoms with Gasteiger partial charge in [0.1, 0.15) is 11.1 Å². The Labute approximate surface area is 271 Å². The van der Waals surface area contributed by atoms with Crippen LogP contribution in [0.1, 0.15) is 0 Å². The van der Waals surface area contributed by atoms with E-state index in [1.165, 1.54) is 16.3 Å². The van der Waals surface area contributed by atoms with E-state index >= 15 is 0 Å². The van der Waals surface area contributed by atoms with Gasteiger partial charge in [0, 0.05) is 28.3 Å². The maximum atomic E-state index is 6.12. The van der Waals surface area contributed by atoms with Gasteiger partial charge in [-0.1, -0.05) is 121 Å². The second-order valence-corrected chi connectivity index (χ2v) is 11.6. The molecule has 0 aliphatic carbocycles. The van der Waals surface area contributed by atoms with Crippen LogP contribution in [0, 0.1) is 0 Å². The number of hydrogen-bond donors (Lipinski definition) is 0. The zero-order valence-corrected chi connectivity index (χ0v) is 25.3. The first kappa shape index (κ1) is 27.0. The molecule has 3 heterocycles. The van der Waals surface area contributed by atoms with Crippen LogP contribution in [-0.2, 0) is 0 Å². The quantitative estimate of drug-likeness (QED) is 0.197. The molecule has 0 atom stereocenters. The summed E-state index contributed by atoms with van der Waals surface area (Å²) >= 11 is 0. The van der Waals surface area contributed by atoms with Gasteiger partial charge in [-0.25, -0.2) is 9.97 Å². The van der Waals surface area contributed by atoms with Gasteiger partial charge in [-0.3, -0.25) is 4.98 Å². The Morgan fingerprint density at radius 1 is 0.404 bits per heavy atom. The van der Waals surface area contributed by atoms with Crippen LogP contribution in [0.4, 0.5) is 0 Å². The third-order valence-corrected chi connectivity index (χ3v) is 8.76. The fourth-order valence-electron chi connectivity index (χ4n) is 6.48. The van der Waals surface area contributed by atoms with Crippen molar-refractivity contribution < 1.29 is 4.42 Å². The highest BCUT2D eigenvalue weighted by Gasteiger charge is 2.18. The van der Waals surface area contributed by atoms with Crippen molar-refractivity contribution in [3.05, 3.63) is 164 Å². The molecule has 4 nitrogen and oxygen atoms in total. The molecule has 0 fully saturated rings. The summed E-state index contributed by atoms with van der Waals surface area (Å²) in [5.41, 5.74) is 11.6. The molecule has 9 aromatic rings. The smallest absolute Gasteiger partial charge is 0.160 e. The Morgan fingerprint density at radius 2 is 1.13 bits per heavy atom. The van der Waals surface area contributed by atoms with Crippen molar-refractivity contribution in [2.24, 2.45) is 0 Å². The summed E-state index contributed by atoms with van der Waals surface area (Å²) in [5.74, 6) is 0.684. The molecule has 0 spiro atoms. The standard InChI is InChI=1S/C43H27N3O/c1-3-12-29(13-4-1)38-27-39(46-43(45-38)30-14-5-2-6-15-30)36-25-31(34-18-9-16-28-11-7-8-17-33(28)34)20-22-35(36)32-21-23-40-37(26-32)42-41(47-40)19-10-24-44-42/h1-27H. The Kier molecular flexibility index (Phi) is 6.43. The molecule has 0 radical (unpaired) electrons. The highest BCUT2D eigenvalue weighted by atomic mass is 16.3. The Balaban J connectivity index is 1.32. The first-order valence-corrected chi connectivity index (χ1v) is 15.7. The van der Waals surface area contributed by atoms with Crippen LogP contribution in [0.25, 0.3) is 89.0 Å². The molecule has 0 saturated carbocycles. The van der Waals surface area contributed by atoms with E-state index in [4.69, 9.17) is 14.4 Å². The van der Waals surface area contributed by atoms with Gasteiger partial charge in [0.15, 0.2) is 11.4 Å². The molecule has 47 heavy (non-hydrogen) atoms. The Bertz CT molecular complexity index is 2510. The van der Waals surface area contributed by atoms with Gasteiger partial charge in [-0.05, 0) is 69.4 Å². The number of benzene rings is 6. The van der Waals surface area contributed by atoms with Crippen molar-refractivity contribution in [3.8, 4) is 56.2 Å². The van der Waals surface area contributed by atoms with E-state index in [0.717, 1.165) is 66.8 Å². The first-order chi connectivity index (χ1) is 23.3. The summed E-state index contributed by atoms with van der Waals surface area (Å²) in [4.78, 5) is 14.9. The van der Waals surface area contributed by atoms with Crippen LogP contribution in [-0.4, -0.2) is 15.0 Å². The molecule has 4 heteroatoms. The van der Waals surface area contributed by atoms with Gasteiger partial charge < -0.3 is 4.42 Å².